The molecule has 7 heteroatoms. The second-order valence-corrected chi connectivity index (χ2v) is 8.46. The number of hydrogen-bond donors (Lipinski definition) is 0. The molecule has 2 aromatic carbocycles. The topological polar surface area (TPSA) is 62.7 Å². The number of ether oxygens (including phenoxy) is 1. The third kappa shape index (κ3) is 3.22. The fourth-order valence-corrected chi connectivity index (χ4v) is 4.93. The van der Waals surface area contributed by atoms with Gasteiger partial charge < -0.3 is 14.5 Å². The monoisotopic (exact) mass is 447 g/mol. The SMILES string of the molecule is COc1ccc(CC(=O)N2CCN3C(=O)c4cccnc4C[C@]23c2ccc(Cl)cc2)cc1. The number of fused-ring (bicyclic) bond motifs is 2. The van der Waals surface area contributed by atoms with Gasteiger partial charge in [0.15, 0.2) is 0 Å². The normalized spacial score (nSPS) is 19.5. The fourth-order valence-electron chi connectivity index (χ4n) is 4.80. The fraction of sp³-hybridized carbons (Fsp3) is 0.240. The molecule has 32 heavy (non-hydrogen) atoms. The van der Waals surface area contributed by atoms with Crippen molar-refractivity contribution in [2.45, 2.75) is 18.5 Å². The second kappa shape index (κ2) is 7.95. The first-order chi connectivity index (χ1) is 15.5. The summed E-state index contributed by atoms with van der Waals surface area (Å²) in [5.74, 6) is 0.598. The van der Waals surface area contributed by atoms with Crippen LogP contribution in [-0.2, 0) is 23.3 Å². The average molecular weight is 448 g/mol. The van der Waals surface area contributed by atoms with Crippen LogP contribution in [0.15, 0.2) is 66.9 Å². The highest BCUT2D eigenvalue weighted by Crippen LogP contribution is 2.44. The van der Waals surface area contributed by atoms with E-state index < -0.39 is 5.66 Å². The molecule has 0 N–H and O–H groups in total. The quantitative estimate of drug-likeness (QED) is 0.612. The predicted octanol–water partition coefficient (Wildman–Crippen LogP) is 3.68. The first kappa shape index (κ1) is 20.5. The Balaban J connectivity index is 1.57. The number of benzene rings is 2. The molecule has 0 radical (unpaired) electrons. The number of carbonyl (C=O) groups excluding carboxylic acids is 2. The number of methoxy groups -OCH3 is 1. The third-order valence-electron chi connectivity index (χ3n) is 6.34. The Labute approximate surface area is 191 Å². The van der Waals surface area contributed by atoms with Crippen molar-refractivity contribution in [3.05, 3.63) is 94.3 Å². The van der Waals surface area contributed by atoms with E-state index in [0.29, 0.717) is 35.8 Å². The standard InChI is InChI=1S/C25H22ClN3O3/c1-32-20-10-4-17(5-11-20)15-23(30)28-13-14-29-24(31)21-3-2-12-27-22(21)16-25(28,29)18-6-8-19(26)9-7-18/h2-12H,13-16H2,1H3/t25-/m0/s1. The Hall–Kier alpha value is -3.38. The largest absolute Gasteiger partial charge is 0.497 e. The molecular formula is C25H22ClN3O3. The number of amides is 2. The van der Waals surface area contributed by atoms with Crippen molar-refractivity contribution in [1.29, 1.82) is 0 Å². The van der Waals surface area contributed by atoms with Gasteiger partial charge in [0.25, 0.3) is 5.91 Å². The average Bonchev–Trinajstić information content (AvgIpc) is 3.21. The van der Waals surface area contributed by atoms with E-state index in [9.17, 15) is 9.59 Å². The van der Waals surface area contributed by atoms with Crippen LogP contribution in [0.5, 0.6) is 5.75 Å². The minimum absolute atomic E-state index is 0.0419. The number of aromatic nitrogens is 1. The second-order valence-electron chi connectivity index (χ2n) is 8.02. The summed E-state index contributed by atoms with van der Waals surface area (Å²) in [7, 11) is 1.61. The lowest BCUT2D eigenvalue weighted by Crippen LogP contribution is -2.58. The summed E-state index contributed by atoms with van der Waals surface area (Å²) in [5.41, 5.74) is 2.12. The molecule has 0 aliphatic carbocycles. The van der Waals surface area contributed by atoms with E-state index in [0.717, 1.165) is 16.9 Å². The zero-order chi connectivity index (χ0) is 22.3. The molecule has 3 aromatic rings. The number of nitrogens with zero attached hydrogens (tertiary/aromatic N) is 3. The number of pyridine rings is 1. The van der Waals surface area contributed by atoms with E-state index >= 15 is 0 Å². The summed E-state index contributed by atoms with van der Waals surface area (Å²) >= 11 is 6.15. The molecule has 1 fully saturated rings. The highest BCUT2D eigenvalue weighted by molar-refractivity contribution is 6.30. The summed E-state index contributed by atoms with van der Waals surface area (Å²) < 4.78 is 5.22. The number of carbonyl (C=O) groups is 2. The molecule has 6 nitrogen and oxygen atoms in total. The van der Waals surface area contributed by atoms with Crippen LogP contribution in [0.3, 0.4) is 0 Å². The molecule has 0 unspecified atom stereocenters. The summed E-state index contributed by atoms with van der Waals surface area (Å²) in [5, 5.41) is 0.603. The number of rotatable bonds is 4. The summed E-state index contributed by atoms with van der Waals surface area (Å²) in [6.07, 6.45) is 2.36. The van der Waals surface area contributed by atoms with Gasteiger partial charge in [-0.05, 0) is 47.5 Å². The predicted molar refractivity (Wildman–Crippen MR) is 121 cm³/mol. The molecule has 1 aromatic heterocycles. The van der Waals surface area contributed by atoms with Gasteiger partial charge in [0.05, 0.1) is 24.8 Å². The number of halogens is 1. The van der Waals surface area contributed by atoms with Crippen molar-refractivity contribution in [1.82, 2.24) is 14.8 Å². The van der Waals surface area contributed by atoms with Gasteiger partial charge in [0.1, 0.15) is 11.4 Å². The van der Waals surface area contributed by atoms with Crippen LogP contribution in [0.4, 0.5) is 0 Å². The lowest BCUT2D eigenvalue weighted by molar-refractivity contribution is -0.138. The zero-order valence-electron chi connectivity index (χ0n) is 17.6. The van der Waals surface area contributed by atoms with Crippen LogP contribution in [0.1, 0.15) is 27.2 Å². The molecule has 0 spiro atoms. The highest BCUT2D eigenvalue weighted by Gasteiger charge is 2.55. The molecule has 2 aliphatic rings. The van der Waals surface area contributed by atoms with Gasteiger partial charge in [-0.2, -0.15) is 0 Å². The minimum atomic E-state index is -0.924. The van der Waals surface area contributed by atoms with Crippen molar-refractivity contribution in [3.63, 3.8) is 0 Å². The van der Waals surface area contributed by atoms with E-state index in [1.807, 2.05) is 46.2 Å². The Kier molecular flexibility index (Phi) is 5.10. The molecule has 2 aliphatic heterocycles. The van der Waals surface area contributed by atoms with Crippen LogP contribution >= 0.6 is 11.6 Å². The Morgan fingerprint density at radius 2 is 1.84 bits per heavy atom. The van der Waals surface area contributed by atoms with E-state index in [1.165, 1.54) is 0 Å². The smallest absolute Gasteiger partial charge is 0.257 e. The van der Waals surface area contributed by atoms with Crippen molar-refractivity contribution in [2.24, 2.45) is 0 Å². The Bertz CT molecular complexity index is 1180. The zero-order valence-corrected chi connectivity index (χ0v) is 18.4. The van der Waals surface area contributed by atoms with Crippen molar-refractivity contribution in [2.75, 3.05) is 20.2 Å². The van der Waals surface area contributed by atoms with Crippen molar-refractivity contribution >= 4 is 23.4 Å². The molecule has 2 amide bonds. The summed E-state index contributed by atoms with van der Waals surface area (Å²) in [6.45, 7) is 0.918. The van der Waals surface area contributed by atoms with E-state index in [-0.39, 0.29) is 18.2 Å². The molecular weight excluding hydrogens is 426 g/mol. The lowest BCUT2D eigenvalue weighted by Gasteiger charge is -2.47. The maximum absolute atomic E-state index is 13.6. The Morgan fingerprint density at radius 3 is 2.56 bits per heavy atom. The first-order valence-corrected chi connectivity index (χ1v) is 10.9. The molecule has 3 heterocycles. The van der Waals surface area contributed by atoms with Crippen LogP contribution in [-0.4, -0.2) is 46.8 Å². The molecule has 1 atom stereocenters. The van der Waals surface area contributed by atoms with Gasteiger partial charge in [-0.3, -0.25) is 14.6 Å². The third-order valence-corrected chi connectivity index (χ3v) is 6.59. The van der Waals surface area contributed by atoms with Crippen LogP contribution in [0.25, 0.3) is 0 Å². The van der Waals surface area contributed by atoms with Gasteiger partial charge in [0.2, 0.25) is 5.91 Å². The van der Waals surface area contributed by atoms with Gasteiger partial charge >= 0.3 is 0 Å². The Morgan fingerprint density at radius 1 is 1.09 bits per heavy atom. The molecule has 5 rings (SSSR count). The van der Waals surface area contributed by atoms with Crippen LogP contribution in [0.2, 0.25) is 5.02 Å². The van der Waals surface area contributed by atoms with Crippen molar-refractivity contribution in [3.8, 4) is 5.75 Å². The van der Waals surface area contributed by atoms with E-state index in [4.69, 9.17) is 16.3 Å². The van der Waals surface area contributed by atoms with Crippen LogP contribution in [0, 0.1) is 0 Å². The van der Waals surface area contributed by atoms with Crippen LogP contribution < -0.4 is 4.74 Å². The highest BCUT2D eigenvalue weighted by atomic mass is 35.5. The molecule has 0 saturated carbocycles. The van der Waals surface area contributed by atoms with Crippen molar-refractivity contribution < 1.29 is 14.3 Å². The maximum Gasteiger partial charge on any atom is 0.257 e. The first-order valence-electron chi connectivity index (χ1n) is 10.5. The molecule has 162 valence electrons. The number of hydrogen-bond acceptors (Lipinski definition) is 4. The minimum Gasteiger partial charge on any atom is -0.497 e. The van der Waals surface area contributed by atoms with E-state index in [1.54, 1.807) is 37.6 Å². The van der Waals surface area contributed by atoms with Gasteiger partial charge in [-0.15, -0.1) is 0 Å². The lowest BCUT2D eigenvalue weighted by atomic mass is 9.86. The van der Waals surface area contributed by atoms with Gasteiger partial charge in [-0.1, -0.05) is 35.9 Å². The molecule has 0 bridgehead atoms. The van der Waals surface area contributed by atoms with Gasteiger partial charge in [0, 0.05) is 30.7 Å². The summed E-state index contributed by atoms with van der Waals surface area (Å²) in [6, 6.07) is 18.4. The molecule has 1 saturated heterocycles. The van der Waals surface area contributed by atoms with E-state index in [2.05, 4.69) is 4.98 Å². The maximum atomic E-state index is 13.6. The summed E-state index contributed by atoms with van der Waals surface area (Å²) in [4.78, 5) is 35.2. The van der Waals surface area contributed by atoms with Gasteiger partial charge in [-0.25, -0.2) is 0 Å².